The number of amides is 1. The summed E-state index contributed by atoms with van der Waals surface area (Å²) < 4.78 is 19.9. The van der Waals surface area contributed by atoms with Crippen LogP contribution in [0.3, 0.4) is 0 Å². The van der Waals surface area contributed by atoms with Crippen molar-refractivity contribution in [3.05, 3.63) is 123 Å². The van der Waals surface area contributed by atoms with E-state index in [0.29, 0.717) is 28.1 Å². The average molecular weight is 525 g/mol. The molecule has 1 aromatic heterocycles. The number of rotatable bonds is 4. The number of carbonyl (C=O) groups excluding carboxylic acids is 2. The van der Waals surface area contributed by atoms with Gasteiger partial charge in [0.15, 0.2) is 5.78 Å². The first-order valence-electron chi connectivity index (χ1n) is 12.4. The molecule has 7 heteroatoms. The smallest absolute Gasteiger partial charge is 0.269 e. The molecule has 0 saturated carbocycles. The Hall–Kier alpha value is -4.23. The van der Waals surface area contributed by atoms with Crippen molar-refractivity contribution in [3.8, 4) is 5.75 Å². The largest absolute Gasteiger partial charge is 0.497 e. The van der Waals surface area contributed by atoms with Crippen molar-refractivity contribution in [3.63, 3.8) is 0 Å². The number of nitrogens with one attached hydrogen (secondary N) is 1. The van der Waals surface area contributed by atoms with Crippen molar-refractivity contribution in [2.45, 2.75) is 24.8 Å². The van der Waals surface area contributed by atoms with E-state index in [1.807, 2.05) is 60.0 Å². The molecule has 5 nitrogen and oxygen atoms in total. The number of allylic oxidation sites excluding steroid dienone is 1. The lowest BCUT2D eigenvalue weighted by molar-refractivity contribution is -0.116. The van der Waals surface area contributed by atoms with Crippen LogP contribution in [0, 0.1) is 5.82 Å². The quantitative estimate of drug-likeness (QED) is 0.309. The summed E-state index contributed by atoms with van der Waals surface area (Å²) in [4.78, 5) is 30.2. The Morgan fingerprint density at radius 2 is 1.79 bits per heavy atom. The van der Waals surface area contributed by atoms with Crippen molar-refractivity contribution < 1.29 is 18.7 Å². The molecule has 190 valence electrons. The molecule has 1 amide bonds. The highest BCUT2D eigenvalue weighted by Crippen LogP contribution is 2.48. The monoisotopic (exact) mass is 524 g/mol. The van der Waals surface area contributed by atoms with Crippen LogP contribution in [0.4, 0.5) is 15.8 Å². The van der Waals surface area contributed by atoms with E-state index in [2.05, 4.69) is 5.32 Å². The Bertz CT molecular complexity index is 1550. The van der Waals surface area contributed by atoms with Gasteiger partial charge in [0, 0.05) is 17.7 Å². The highest BCUT2D eigenvalue weighted by atomic mass is 32.1. The number of carbonyl (C=O) groups is 2. The van der Waals surface area contributed by atoms with Crippen molar-refractivity contribution in [2.24, 2.45) is 0 Å². The molecule has 2 aliphatic rings. The van der Waals surface area contributed by atoms with Crippen LogP contribution < -0.4 is 15.0 Å². The van der Waals surface area contributed by atoms with E-state index in [0.717, 1.165) is 22.7 Å². The molecule has 0 unspecified atom stereocenters. The number of hydrogen-bond donors (Lipinski definition) is 1. The number of ketones is 1. The summed E-state index contributed by atoms with van der Waals surface area (Å²) in [5.41, 5.74) is 4.22. The highest BCUT2D eigenvalue weighted by Gasteiger charge is 2.42. The van der Waals surface area contributed by atoms with Gasteiger partial charge in [0.1, 0.15) is 11.6 Å². The first-order valence-corrected chi connectivity index (χ1v) is 13.3. The third-order valence-corrected chi connectivity index (χ3v) is 8.05. The molecule has 0 saturated heterocycles. The molecule has 1 aliphatic heterocycles. The molecule has 1 N–H and O–H groups in total. The van der Waals surface area contributed by atoms with Crippen molar-refractivity contribution in [1.29, 1.82) is 0 Å². The van der Waals surface area contributed by atoms with Gasteiger partial charge in [0.2, 0.25) is 0 Å². The lowest BCUT2D eigenvalue weighted by Crippen LogP contribution is -2.38. The Balaban J connectivity index is 1.54. The Labute approximate surface area is 224 Å². The number of para-hydroxylation sites is 2. The molecular weight excluding hydrogens is 499 g/mol. The third-order valence-electron chi connectivity index (χ3n) is 7.19. The molecule has 38 heavy (non-hydrogen) atoms. The predicted molar refractivity (Wildman–Crippen MR) is 147 cm³/mol. The summed E-state index contributed by atoms with van der Waals surface area (Å²) in [5.74, 6) is -0.00304. The van der Waals surface area contributed by atoms with Crippen molar-refractivity contribution in [2.75, 3.05) is 17.3 Å². The van der Waals surface area contributed by atoms with E-state index in [1.165, 1.54) is 23.5 Å². The minimum Gasteiger partial charge on any atom is -0.497 e. The van der Waals surface area contributed by atoms with Gasteiger partial charge < -0.3 is 10.1 Å². The standard InChI is InChI=1S/C31H25FN2O3S/c1-37-23-13-11-19(12-14-23)21-17-25-29(27(35)18-21)30(20-6-4-7-22(32)16-20)34(31(36)28-10-5-15-38-28)26-9-3-2-8-24(26)33-25/h2-16,21,30,33H,17-18H2,1H3/t21-,30+/m0/s1. The van der Waals surface area contributed by atoms with Crippen LogP contribution in [0.1, 0.15) is 45.6 Å². The van der Waals surface area contributed by atoms with E-state index in [1.54, 1.807) is 30.2 Å². The zero-order valence-electron chi connectivity index (χ0n) is 20.7. The summed E-state index contributed by atoms with van der Waals surface area (Å²) in [6, 6.07) is 24.3. The normalized spacial score (nSPS) is 18.8. The van der Waals surface area contributed by atoms with Crippen molar-refractivity contribution in [1.82, 2.24) is 0 Å². The second kappa shape index (κ2) is 9.91. The summed E-state index contributed by atoms with van der Waals surface area (Å²) >= 11 is 1.34. The summed E-state index contributed by atoms with van der Waals surface area (Å²) in [7, 11) is 1.62. The fourth-order valence-electron chi connectivity index (χ4n) is 5.44. The molecule has 2 heterocycles. The molecular formula is C31H25FN2O3S. The molecule has 3 aromatic carbocycles. The van der Waals surface area contributed by atoms with Gasteiger partial charge in [-0.2, -0.15) is 0 Å². The molecule has 0 bridgehead atoms. The Morgan fingerprint density at radius 1 is 0.974 bits per heavy atom. The molecule has 1 aliphatic carbocycles. The van der Waals surface area contributed by atoms with Crippen LogP contribution >= 0.6 is 11.3 Å². The summed E-state index contributed by atoms with van der Waals surface area (Å²) in [5, 5.41) is 5.36. The molecule has 6 rings (SSSR count). The maximum atomic E-state index is 14.6. The third kappa shape index (κ3) is 4.29. The number of ether oxygens (including phenoxy) is 1. The number of nitrogens with zero attached hydrogens (tertiary/aromatic N) is 1. The van der Waals surface area contributed by atoms with Crippen LogP contribution in [0.25, 0.3) is 0 Å². The molecule has 0 spiro atoms. The topological polar surface area (TPSA) is 58.6 Å². The fraction of sp³-hybridized carbons (Fsp3) is 0.161. The van der Waals surface area contributed by atoms with Gasteiger partial charge in [-0.3, -0.25) is 14.5 Å². The van der Waals surface area contributed by atoms with Gasteiger partial charge in [-0.05, 0) is 71.3 Å². The SMILES string of the molecule is COc1ccc([C@@H]2CC(=O)C3=C(C2)Nc2ccccc2N(C(=O)c2cccs2)[C@@H]3c2cccc(F)c2)cc1. The summed E-state index contributed by atoms with van der Waals surface area (Å²) in [6.45, 7) is 0. The number of halogens is 1. The molecule has 0 radical (unpaired) electrons. The van der Waals surface area contributed by atoms with Gasteiger partial charge in [-0.25, -0.2) is 4.39 Å². The number of fused-ring (bicyclic) bond motifs is 1. The van der Waals surface area contributed by atoms with E-state index < -0.39 is 11.9 Å². The first-order chi connectivity index (χ1) is 18.5. The number of hydrogen-bond acceptors (Lipinski definition) is 5. The van der Waals surface area contributed by atoms with Crippen LogP contribution in [0.5, 0.6) is 5.75 Å². The van der Waals surface area contributed by atoms with Gasteiger partial charge >= 0.3 is 0 Å². The van der Waals surface area contributed by atoms with E-state index in [4.69, 9.17) is 4.74 Å². The average Bonchev–Trinajstić information content (AvgIpc) is 3.43. The van der Waals surface area contributed by atoms with Crippen molar-refractivity contribution >= 4 is 34.4 Å². The predicted octanol–water partition coefficient (Wildman–Crippen LogP) is 7.11. The Kier molecular flexibility index (Phi) is 6.29. The van der Waals surface area contributed by atoms with E-state index >= 15 is 0 Å². The van der Waals surface area contributed by atoms with E-state index in [-0.39, 0.29) is 24.0 Å². The molecule has 4 aromatic rings. The van der Waals surface area contributed by atoms with Gasteiger partial charge in [0.25, 0.3) is 5.91 Å². The second-order valence-corrected chi connectivity index (χ2v) is 10.4. The molecule has 2 atom stereocenters. The number of anilines is 2. The maximum Gasteiger partial charge on any atom is 0.269 e. The number of Topliss-reactive ketones (excluding diaryl/α,β-unsaturated/α-hetero) is 1. The number of methoxy groups -OCH3 is 1. The van der Waals surface area contributed by atoms with Crippen LogP contribution in [0.2, 0.25) is 0 Å². The lowest BCUT2D eigenvalue weighted by Gasteiger charge is -2.35. The van der Waals surface area contributed by atoms with Crippen LogP contribution in [-0.4, -0.2) is 18.8 Å². The Morgan fingerprint density at radius 3 is 2.53 bits per heavy atom. The van der Waals surface area contributed by atoms with Gasteiger partial charge in [-0.15, -0.1) is 11.3 Å². The van der Waals surface area contributed by atoms with Crippen LogP contribution in [-0.2, 0) is 4.79 Å². The maximum absolute atomic E-state index is 14.6. The number of thiophene rings is 1. The first kappa shape index (κ1) is 24.1. The zero-order chi connectivity index (χ0) is 26.2. The fourth-order valence-corrected chi connectivity index (χ4v) is 6.10. The van der Waals surface area contributed by atoms with E-state index in [9.17, 15) is 14.0 Å². The molecule has 0 fully saturated rings. The van der Waals surface area contributed by atoms with Gasteiger partial charge in [-0.1, -0.05) is 42.5 Å². The minimum absolute atomic E-state index is 0.0421. The zero-order valence-corrected chi connectivity index (χ0v) is 21.5. The van der Waals surface area contributed by atoms with Crippen LogP contribution in [0.15, 0.2) is 102 Å². The lowest BCUT2D eigenvalue weighted by atomic mass is 9.78. The minimum atomic E-state index is -0.782. The van der Waals surface area contributed by atoms with Gasteiger partial charge in [0.05, 0.1) is 29.4 Å². The number of benzene rings is 3. The summed E-state index contributed by atoms with van der Waals surface area (Å²) in [6.07, 6.45) is 0.866. The highest BCUT2D eigenvalue weighted by molar-refractivity contribution is 7.12. The second-order valence-electron chi connectivity index (χ2n) is 9.45.